The van der Waals surface area contributed by atoms with E-state index in [1.54, 1.807) is 12.1 Å². The zero-order chi connectivity index (χ0) is 20.1. The van der Waals surface area contributed by atoms with E-state index >= 15 is 0 Å². The molecule has 1 amide bonds. The van der Waals surface area contributed by atoms with Crippen molar-refractivity contribution >= 4 is 23.2 Å². The van der Waals surface area contributed by atoms with Crippen molar-refractivity contribution in [2.75, 3.05) is 5.32 Å². The molecule has 0 aromatic heterocycles. The van der Waals surface area contributed by atoms with E-state index < -0.39 is 0 Å². The number of anilines is 1. The Morgan fingerprint density at radius 3 is 2.43 bits per heavy atom. The molecule has 0 atom stereocenters. The van der Waals surface area contributed by atoms with Gasteiger partial charge in [-0.3, -0.25) is 9.69 Å². The monoisotopic (exact) mass is 403 g/mol. The number of benzene rings is 2. The minimum Gasteiger partial charge on any atom is -0.328 e. The number of hydrogen-bond donors (Lipinski definition) is 2. The first-order chi connectivity index (χ1) is 13.4. The van der Waals surface area contributed by atoms with Crippen molar-refractivity contribution < 1.29 is 9.18 Å². The van der Waals surface area contributed by atoms with Crippen molar-refractivity contribution in [3.05, 3.63) is 64.4 Å². The van der Waals surface area contributed by atoms with E-state index in [0.29, 0.717) is 29.7 Å². The maximum absolute atomic E-state index is 14.4. The van der Waals surface area contributed by atoms with Gasteiger partial charge < -0.3 is 11.1 Å². The molecule has 0 aliphatic heterocycles. The van der Waals surface area contributed by atoms with Crippen LogP contribution in [0.25, 0.3) is 0 Å². The molecule has 1 fully saturated rings. The Labute approximate surface area is 170 Å². The fourth-order valence-corrected chi connectivity index (χ4v) is 4.02. The Morgan fingerprint density at radius 2 is 1.82 bits per heavy atom. The minimum absolute atomic E-state index is 0.0953. The maximum atomic E-state index is 14.4. The average Bonchev–Trinajstić information content (AvgIpc) is 2.65. The van der Waals surface area contributed by atoms with Crippen LogP contribution in [0.15, 0.2) is 42.5 Å². The van der Waals surface area contributed by atoms with Crippen molar-refractivity contribution in [1.82, 2.24) is 4.90 Å². The second kappa shape index (κ2) is 9.50. The van der Waals surface area contributed by atoms with Crippen LogP contribution in [0.5, 0.6) is 0 Å². The van der Waals surface area contributed by atoms with Crippen molar-refractivity contribution in [2.24, 2.45) is 5.73 Å². The molecule has 3 N–H and O–H groups in total. The van der Waals surface area contributed by atoms with Gasteiger partial charge in [0.2, 0.25) is 5.91 Å². The minimum atomic E-state index is -0.272. The highest BCUT2D eigenvalue weighted by Crippen LogP contribution is 2.28. The molecule has 2 aromatic rings. The van der Waals surface area contributed by atoms with Crippen LogP contribution in [-0.2, 0) is 17.9 Å². The van der Waals surface area contributed by atoms with Crippen LogP contribution in [0.4, 0.5) is 10.1 Å². The number of hydrogen-bond acceptors (Lipinski definition) is 3. The predicted molar refractivity (Wildman–Crippen MR) is 112 cm³/mol. The van der Waals surface area contributed by atoms with Crippen LogP contribution >= 0.6 is 11.6 Å². The third-order valence-corrected chi connectivity index (χ3v) is 5.69. The number of rotatable bonds is 6. The molecule has 0 saturated heterocycles. The Kier molecular flexibility index (Phi) is 7.05. The molecule has 150 valence electrons. The standard InChI is InChI=1S/C22H27ClFN3O/c1-15(28)26-18-9-5-16(6-10-18)13-27(19-11-7-17(25)8-12-19)14-20-21(23)3-2-4-22(20)24/h2-6,9-10,17,19H,7-8,11-14,25H2,1H3,(H,26,28). The van der Waals surface area contributed by atoms with Gasteiger partial charge in [-0.1, -0.05) is 29.8 Å². The third-order valence-electron chi connectivity index (χ3n) is 5.34. The van der Waals surface area contributed by atoms with Gasteiger partial charge in [-0.2, -0.15) is 0 Å². The largest absolute Gasteiger partial charge is 0.328 e. The number of nitrogens with two attached hydrogens (primary N) is 1. The summed E-state index contributed by atoms with van der Waals surface area (Å²) in [6, 6.07) is 13.2. The maximum Gasteiger partial charge on any atom is 0.221 e. The fraction of sp³-hybridized carbons (Fsp3) is 0.409. The van der Waals surface area contributed by atoms with Gasteiger partial charge in [0.25, 0.3) is 0 Å². The molecule has 0 spiro atoms. The summed E-state index contributed by atoms with van der Waals surface area (Å²) >= 11 is 6.28. The Morgan fingerprint density at radius 1 is 1.14 bits per heavy atom. The van der Waals surface area contributed by atoms with E-state index in [0.717, 1.165) is 36.9 Å². The Balaban J connectivity index is 1.79. The summed E-state index contributed by atoms with van der Waals surface area (Å²) in [6.07, 6.45) is 3.95. The number of amides is 1. The lowest BCUT2D eigenvalue weighted by molar-refractivity contribution is -0.114. The quantitative estimate of drug-likeness (QED) is 0.734. The molecule has 3 rings (SSSR count). The zero-order valence-corrected chi connectivity index (χ0v) is 16.9. The SMILES string of the molecule is CC(=O)Nc1ccc(CN(Cc2c(F)cccc2Cl)C2CCC(N)CC2)cc1. The number of carbonyl (C=O) groups excluding carboxylic acids is 1. The molecule has 0 heterocycles. The van der Waals surface area contributed by atoms with Crippen LogP contribution in [0, 0.1) is 5.82 Å². The van der Waals surface area contributed by atoms with E-state index in [4.69, 9.17) is 17.3 Å². The van der Waals surface area contributed by atoms with Crippen LogP contribution in [0.2, 0.25) is 5.02 Å². The summed E-state index contributed by atoms with van der Waals surface area (Å²) in [4.78, 5) is 13.5. The van der Waals surface area contributed by atoms with Crippen molar-refractivity contribution in [1.29, 1.82) is 0 Å². The third kappa shape index (κ3) is 5.53. The summed E-state index contributed by atoms with van der Waals surface area (Å²) < 4.78 is 14.4. The van der Waals surface area contributed by atoms with Gasteiger partial charge in [0.1, 0.15) is 5.82 Å². The van der Waals surface area contributed by atoms with Gasteiger partial charge in [-0.05, 0) is 55.5 Å². The molecular weight excluding hydrogens is 377 g/mol. The van der Waals surface area contributed by atoms with Gasteiger partial charge in [0, 0.05) is 48.4 Å². The second-order valence-corrected chi connectivity index (χ2v) is 7.96. The Hall–Kier alpha value is -1.95. The highest BCUT2D eigenvalue weighted by Gasteiger charge is 2.26. The van der Waals surface area contributed by atoms with Gasteiger partial charge in [0.15, 0.2) is 0 Å². The highest BCUT2D eigenvalue weighted by atomic mass is 35.5. The molecule has 0 bridgehead atoms. The molecule has 0 unspecified atom stereocenters. The molecule has 28 heavy (non-hydrogen) atoms. The van der Waals surface area contributed by atoms with E-state index in [9.17, 15) is 9.18 Å². The van der Waals surface area contributed by atoms with Crippen LogP contribution in [0.3, 0.4) is 0 Å². The molecule has 2 aromatic carbocycles. The molecule has 1 aliphatic rings. The average molecular weight is 404 g/mol. The first-order valence-electron chi connectivity index (χ1n) is 9.71. The van der Waals surface area contributed by atoms with E-state index in [1.807, 2.05) is 24.3 Å². The van der Waals surface area contributed by atoms with Crippen molar-refractivity contribution in [2.45, 2.75) is 57.8 Å². The van der Waals surface area contributed by atoms with Gasteiger partial charge in [0.05, 0.1) is 0 Å². The number of halogens is 2. The van der Waals surface area contributed by atoms with Gasteiger partial charge >= 0.3 is 0 Å². The first kappa shape index (κ1) is 20.8. The van der Waals surface area contributed by atoms with E-state index in [1.165, 1.54) is 13.0 Å². The number of nitrogens with zero attached hydrogens (tertiary/aromatic N) is 1. The van der Waals surface area contributed by atoms with Crippen molar-refractivity contribution in [3.63, 3.8) is 0 Å². The second-order valence-electron chi connectivity index (χ2n) is 7.55. The summed E-state index contributed by atoms with van der Waals surface area (Å²) in [5.74, 6) is -0.367. The first-order valence-corrected chi connectivity index (χ1v) is 10.1. The molecule has 1 saturated carbocycles. The lowest BCUT2D eigenvalue weighted by Crippen LogP contribution is -2.40. The smallest absolute Gasteiger partial charge is 0.221 e. The molecular formula is C22H27ClFN3O. The van der Waals surface area contributed by atoms with Crippen LogP contribution < -0.4 is 11.1 Å². The normalized spacial score (nSPS) is 19.6. The molecule has 0 radical (unpaired) electrons. The molecule has 1 aliphatic carbocycles. The predicted octanol–water partition coefficient (Wildman–Crippen LogP) is 4.71. The van der Waals surface area contributed by atoms with Crippen LogP contribution in [-0.4, -0.2) is 22.9 Å². The summed E-state index contributed by atoms with van der Waals surface area (Å²) in [5.41, 5.74) is 8.48. The lowest BCUT2D eigenvalue weighted by atomic mass is 9.90. The fourth-order valence-electron chi connectivity index (χ4n) is 3.80. The Bertz CT molecular complexity index is 784. The highest BCUT2D eigenvalue weighted by molar-refractivity contribution is 6.31. The van der Waals surface area contributed by atoms with Gasteiger partial charge in [-0.25, -0.2) is 4.39 Å². The zero-order valence-electron chi connectivity index (χ0n) is 16.1. The molecule has 6 heteroatoms. The van der Waals surface area contributed by atoms with E-state index in [-0.39, 0.29) is 17.8 Å². The van der Waals surface area contributed by atoms with Crippen LogP contribution in [0.1, 0.15) is 43.7 Å². The number of nitrogens with one attached hydrogen (secondary N) is 1. The summed E-state index contributed by atoms with van der Waals surface area (Å²) in [7, 11) is 0. The molecule has 4 nitrogen and oxygen atoms in total. The summed E-state index contributed by atoms with van der Waals surface area (Å²) in [6.45, 7) is 2.63. The number of carbonyl (C=O) groups is 1. The lowest BCUT2D eigenvalue weighted by Gasteiger charge is -2.36. The summed E-state index contributed by atoms with van der Waals surface area (Å²) in [5, 5.41) is 3.23. The topological polar surface area (TPSA) is 58.4 Å². The van der Waals surface area contributed by atoms with E-state index in [2.05, 4.69) is 10.2 Å². The van der Waals surface area contributed by atoms with Gasteiger partial charge in [-0.15, -0.1) is 0 Å². The van der Waals surface area contributed by atoms with Crippen molar-refractivity contribution in [3.8, 4) is 0 Å².